The number of aromatic nitrogens is 2. The Morgan fingerprint density at radius 2 is 1.92 bits per heavy atom. The molecule has 1 saturated heterocycles. The molecule has 0 bridgehead atoms. The monoisotopic (exact) mass is 340 g/mol. The minimum Gasteiger partial charge on any atom is -0.378 e. The molecular weight excluding hydrogens is 316 g/mol. The van der Waals surface area contributed by atoms with Gasteiger partial charge in [-0.25, -0.2) is 0 Å². The molecule has 0 atom stereocenters. The molecule has 0 radical (unpaired) electrons. The minimum absolute atomic E-state index is 0.0504. The summed E-state index contributed by atoms with van der Waals surface area (Å²) in [4.78, 5) is 19.1. The van der Waals surface area contributed by atoms with E-state index in [2.05, 4.69) is 36.1 Å². The van der Waals surface area contributed by atoms with Crippen molar-refractivity contribution in [2.45, 2.75) is 19.8 Å². The van der Waals surface area contributed by atoms with Gasteiger partial charge in [0, 0.05) is 26.4 Å². The van der Waals surface area contributed by atoms with Crippen molar-refractivity contribution in [2.24, 2.45) is 12.0 Å². The highest BCUT2D eigenvalue weighted by Gasteiger charge is 2.24. The Morgan fingerprint density at radius 1 is 1.24 bits per heavy atom. The fourth-order valence-corrected chi connectivity index (χ4v) is 2.80. The standard InChI is InChI=1S/C19H24N4O2/c1-14(2)16-6-4-15(5-7-16)12-20-17-13-21-22(3)18(17)19(24)23-8-10-25-11-9-23/h4-7,12-14H,8-11H2,1-3H3. The van der Waals surface area contributed by atoms with Crippen molar-refractivity contribution in [3.8, 4) is 0 Å². The van der Waals surface area contributed by atoms with Crippen molar-refractivity contribution in [2.75, 3.05) is 26.3 Å². The number of ether oxygens (including phenoxy) is 1. The molecule has 2 heterocycles. The zero-order chi connectivity index (χ0) is 17.8. The van der Waals surface area contributed by atoms with Crippen LogP contribution in [0.25, 0.3) is 0 Å². The molecule has 1 aromatic heterocycles. The summed E-state index contributed by atoms with van der Waals surface area (Å²) in [6.07, 6.45) is 3.41. The second-order valence-corrected chi connectivity index (χ2v) is 6.49. The van der Waals surface area contributed by atoms with E-state index in [0.717, 1.165) is 5.56 Å². The van der Waals surface area contributed by atoms with Gasteiger partial charge in [0.2, 0.25) is 0 Å². The average molecular weight is 340 g/mol. The van der Waals surface area contributed by atoms with Crippen molar-refractivity contribution < 1.29 is 9.53 Å². The maximum absolute atomic E-state index is 12.8. The summed E-state index contributed by atoms with van der Waals surface area (Å²) in [5, 5.41) is 4.21. The average Bonchev–Trinajstić information content (AvgIpc) is 3.01. The number of nitrogens with zero attached hydrogens (tertiary/aromatic N) is 4. The van der Waals surface area contributed by atoms with Gasteiger partial charge in [-0.2, -0.15) is 5.10 Å². The first-order valence-electron chi connectivity index (χ1n) is 8.59. The van der Waals surface area contributed by atoms with E-state index in [9.17, 15) is 4.79 Å². The number of amides is 1. The molecule has 6 nitrogen and oxygen atoms in total. The number of morpholine rings is 1. The first-order chi connectivity index (χ1) is 12.1. The number of rotatable bonds is 4. The largest absolute Gasteiger partial charge is 0.378 e. The number of hydrogen-bond acceptors (Lipinski definition) is 4. The predicted molar refractivity (Wildman–Crippen MR) is 97.7 cm³/mol. The zero-order valence-corrected chi connectivity index (χ0v) is 15.0. The number of aryl methyl sites for hydroxylation is 1. The van der Waals surface area contributed by atoms with Gasteiger partial charge in [-0.05, 0) is 17.0 Å². The van der Waals surface area contributed by atoms with Crippen molar-refractivity contribution in [1.29, 1.82) is 0 Å². The second-order valence-electron chi connectivity index (χ2n) is 6.49. The van der Waals surface area contributed by atoms with E-state index in [1.165, 1.54) is 5.56 Å². The number of aliphatic imine (C=N–C) groups is 1. The summed E-state index contributed by atoms with van der Waals surface area (Å²) in [6, 6.07) is 8.29. The summed E-state index contributed by atoms with van der Waals surface area (Å²) in [6.45, 7) is 6.69. The molecule has 1 aliphatic heterocycles. The summed E-state index contributed by atoms with van der Waals surface area (Å²) >= 11 is 0. The maximum Gasteiger partial charge on any atom is 0.274 e. The van der Waals surface area contributed by atoms with Crippen LogP contribution in [0, 0.1) is 0 Å². The first kappa shape index (κ1) is 17.4. The summed E-state index contributed by atoms with van der Waals surface area (Å²) < 4.78 is 6.90. The van der Waals surface area contributed by atoms with Gasteiger partial charge in [0.15, 0.2) is 5.69 Å². The van der Waals surface area contributed by atoms with Crippen LogP contribution in [0.1, 0.15) is 41.4 Å². The summed E-state index contributed by atoms with van der Waals surface area (Å²) in [7, 11) is 1.77. The molecular formula is C19H24N4O2. The van der Waals surface area contributed by atoms with Crippen LogP contribution in [0.2, 0.25) is 0 Å². The van der Waals surface area contributed by atoms with Gasteiger partial charge in [0.25, 0.3) is 5.91 Å². The Morgan fingerprint density at radius 3 is 2.56 bits per heavy atom. The number of carbonyl (C=O) groups excluding carboxylic acids is 1. The quantitative estimate of drug-likeness (QED) is 0.804. The summed E-state index contributed by atoms with van der Waals surface area (Å²) in [5.74, 6) is 0.452. The molecule has 0 saturated carbocycles. The van der Waals surface area contributed by atoms with E-state index in [1.807, 2.05) is 12.1 Å². The van der Waals surface area contributed by atoms with E-state index in [-0.39, 0.29) is 5.91 Å². The highest BCUT2D eigenvalue weighted by Crippen LogP contribution is 2.21. The SMILES string of the molecule is CC(C)c1ccc(C=Nc2cnn(C)c2C(=O)N2CCOCC2)cc1. The van der Waals surface area contributed by atoms with Crippen LogP contribution in [0.3, 0.4) is 0 Å². The summed E-state index contributed by atoms with van der Waals surface area (Å²) in [5.41, 5.74) is 3.39. The third-order valence-electron chi connectivity index (χ3n) is 4.38. The molecule has 132 valence electrons. The third kappa shape index (κ3) is 3.96. The molecule has 6 heteroatoms. The van der Waals surface area contributed by atoms with Crippen LogP contribution in [0.15, 0.2) is 35.5 Å². The van der Waals surface area contributed by atoms with Crippen molar-refractivity contribution >= 4 is 17.8 Å². The molecule has 2 aromatic rings. The Labute approximate surface area is 148 Å². The molecule has 0 spiro atoms. The number of hydrogen-bond donors (Lipinski definition) is 0. The smallest absolute Gasteiger partial charge is 0.274 e. The molecule has 1 aliphatic rings. The number of carbonyl (C=O) groups is 1. The fourth-order valence-electron chi connectivity index (χ4n) is 2.80. The third-order valence-corrected chi connectivity index (χ3v) is 4.38. The van der Waals surface area contributed by atoms with Crippen molar-refractivity contribution in [3.63, 3.8) is 0 Å². The topological polar surface area (TPSA) is 59.7 Å². The zero-order valence-electron chi connectivity index (χ0n) is 15.0. The lowest BCUT2D eigenvalue weighted by molar-refractivity contribution is 0.0296. The van der Waals surface area contributed by atoms with Crippen LogP contribution >= 0.6 is 0 Å². The normalized spacial score (nSPS) is 15.3. The van der Waals surface area contributed by atoms with Crippen LogP contribution in [0.4, 0.5) is 5.69 Å². The van der Waals surface area contributed by atoms with E-state index in [1.54, 1.807) is 29.0 Å². The molecule has 3 rings (SSSR count). The highest BCUT2D eigenvalue weighted by molar-refractivity contribution is 5.98. The maximum atomic E-state index is 12.8. The van der Waals surface area contributed by atoms with Gasteiger partial charge in [-0.1, -0.05) is 38.1 Å². The molecule has 25 heavy (non-hydrogen) atoms. The molecule has 0 unspecified atom stereocenters. The molecule has 1 amide bonds. The van der Waals surface area contributed by atoms with Crippen LogP contribution in [0.5, 0.6) is 0 Å². The Balaban J connectivity index is 1.80. The van der Waals surface area contributed by atoms with Crippen LogP contribution in [-0.4, -0.2) is 53.1 Å². The van der Waals surface area contributed by atoms with Gasteiger partial charge >= 0.3 is 0 Å². The van der Waals surface area contributed by atoms with E-state index in [0.29, 0.717) is 43.6 Å². The van der Waals surface area contributed by atoms with E-state index in [4.69, 9.17) is 4.74 Å². The Bertz CT molecular complexity index is 756. The molecule has 1 aromatic carbocycles. The van der Waals surface area contributed by atoms with Gasteiger partial charge in [0.1, 0.15) is 5.69 Å². The van der Waals surface area contributed by atoms with Crippen LogP contribution < -0.4 is 0 Å². The molecule has 0 N–H and O–H groups in total. The van der Waals surface area contributed by atoms with Crippen molar-refractivity contribution in [3.05, 3.63) is 47.3 Å². The highest BCUT2D eigenvalue weighted by atomic mass is 16.5. The number of benzene rings is 1. The Kier molecular flexibility index (Phi) is 5.28. The van der Waals surface area contributed by atoms with E-state index >= 15 is 0 Å². The van der Waals surface area contributed by atoms with Crippen molar-refractivity contribution in [1.82, 2.24) is 14.7 Å². The predicted octanol–water partition coefficient (Wildman–Crippen LogP) is 2.77. The second kappa shape index (κ2) is 7.61. The van der Waals surface area contributed by atoms with Gasteiger partial charge in [0.05, 0.1) is 19.4 Å². The minimum atomic E-state index is -0.0504. The lowest BCUT2D eigenvalue weighted by Crippen LogP contribution is -2.41. The lowest BCUT2D eigenvalue weighted by Gasteiger charge is -2.26. The van der Waals surface area contributed by atoms with Crippen LogP contribution in [-0.2, 0) is 11.8 Å². The lowest BCUT2D eigenvalue weighted by atomic mass is 10.0. The molecule has 1 fully saturated rings. The van der Waals surface area contributed by atoms with Gasteiger partial charge < -0.3 is 9.64 Å². The van der Waals surface area contributed by atoms with Gasteiger partial charge in [-0.15, -0.1) is 0 Å². The van der Waals surface area contributed by atoms with Gasteiger partial charge in [-0.3, -0.25) is 14.5 Å². The fraction of sp³-hybridized carbons (Fsp3) is 0.421. The first-order valence-corrected chi connectivity index (χ1v) is 8.59. The molecule has 0 aliphatic carbocycles. The van der Waals surface area contributed by atoms with E-state index < -0.39 is 0 Å². The Hall–Kier alpha value is -2.47.